The first-order valence-corrected chi connectivity index (χ1v) is 5.92. The van der Waals surface area contributed by atoms with Crippen LogP contribution in [0.3, 0.4) is 0 Å². The van der Waals surface area contributed by atoms with Crippen LogP contribution in [0.25, 0.3) is 0 Å². The van der Waals surface area contributed by atoms with E-state index in [-0.39, 0.29) is 35.1 Å². The number of pyridine rings is 1. The second-order valence-corrected chi connectivity index (χ2v) is 4.22. The largest absolute Gasteiger partial charge is 0.477 e. The van der Waals surface area contributed by atoms with Gasteiger partial charge in [-0.25, -0.2) is 4.79 Å². The molecule has 0 saturated carbocycles. The van der Waals surface area contributed by atoms with Gasteiger partial charge in [0.1, 0.15) is 11.3 Å². The molecule has 2 rings (SSSR count). The number of halogens is 1. The van der Waals surface area contributed by atoms with Crippen LogP contribution in [0.4, 0.5) is 0 Å². The second-order valence-electron chi connectivity index (χ2n) is 4.22. The molecular weight excluding hydrogens is 298 g/mol. The summed E-state index contributed by atoms with van der Waals surface area (Å²) in [5.74, 6) is -1.44. The molecule has 0 spiro atoms. The molecule has 0 bridgehead atoms. The number of nitrogens with one attached hydrogen (secondary N) is 1. The predicted molar refractivity (Wildman–Crippen MR) is 75.6 cm³/mol. The number of nitrogens with zero attached hydrogens (tertiary/aromatic N) is 2. The number of aromatic nitrogens is 2. The van der Waals surface area contributed by atoms with E-state index >= 15 is 0 Å². The molecule has 21 heavy (non-hydrogen) atoms. The van der Waals surface area contributed by atoms with Crippen LogP contribution >= 0.6 is 12.4 Å². The zero-order valence-corrected chi connectivity index (χ0v) is 12.2. The molecular formula is C13H14ClN3O4. The van der Waals surface area contributed by atoms with Crippen LogP contribution in [-0.4, -0.2) is 27.1 Å². The van der Waals surface area contributed by atoms with Crippen molar-refractivity contribution in [3.8, 4) is 0 Å². The molecule has 8 heteroatoms. The molecule has 1 amide bonds. The first-order chi connectivity index (χ1) is 9.50. The fourth-order valence-electron chi connectivity index (χ4n) is 1.78. The Kier molecular flexibility index (Phi) is 5.43. The fourth-order valence-corrected chi connectivity index (χ4v) is 1.78. The number of hydrogen-bond acceptors (Lipinski definition) is 5. The van der Waals surface area contributed by atoms with E-state index < -0.39 is 17.9 Å². The Morgan fingerprint density at radius 1 is 1.38 bits per heavy atom. The van der Waals surface area contributed by atoms with Crippen LogP contribution in [0.2, 0.25) is 0 Å². The number of carbonyl (C=O) groups excluding carboxylic acids is 1. The Hall–Kier alpha value is -2.41. The molecule has 0 saturated heterocycles. The van der Waals surface area contributed by atoms with E-state index in [1.165, 1.54) is 13.1 Å². The molecule has 0 unspecified atom stereocenters. The van der Waals surface area contributed by atoms with Crippen molar-refractivity contribution < 1.29 is 19.2 Å². The third-order valence-electron chi connectivity index (χ3n) is 2.74. The molecule has 0 aromatic carbocycles. The van der Waals surface area contributed by atoms with Crippen LogP contribution in [-0.2, 0) is 0 Å². The Morgan fingerprint density at radius 2 is 2.10 bits per heavy atom. The number of aryl methyl sites for hydroxylation is 1. The summed E-state index contributed by atoms with van der Waals surface area (Å²) in [5.41, 5.74) is 0.484. The molecule has 0 radical (unpaired) electrons. The minimum Gasteiger partial charge on any atom is -0.477 e. The minimum atomic E-state index is -1.14. The maximum absolute atomic E-state index is 11.9. The molecule has 0 aliphatic carbocycles. The highest BCUT2D eigenvalue weighted by Gasteiger charge is 2.25. The van der Waals surface area contributed by atoms with Gasteiger partial charge in [-0.3, -0.25) is 9.78 Å². The summed E-state index contributed by atoms with van der Waals surface area (Å²) < 4.78 is 4.99. The first kappa shape index (κ1) is 16.6. The van der Waals surface area contributed by atoms with E-state index in [9.17, 15) is 9.59 Å². The third-order valence-corrected chi connectivity index (χ3v) is 2.74. The Morgan fingerprint density at radius 3 is 2.67 bits per heavy atom. The molecule has 0 aliphatic heterocycles. The maximum Gasteiger partial charge on any atom is 0.341 e. The van der Waals surface area contributed by atoms with Crippen LogP contribution in [0.15, 0.2) is 28.9 Å². The lowest BCUT2D eigenvalue weighted by molar-refractivity contribution is 0.0690. The van der Waals surface area contributed by atoms with Gasteiger partial charge in [-0.2, -0.15) is 0 Å². The summed E-state index contributed by atoms with van der Waals surface area (Å²) >= 11 is 0. The second kappa shape index (κ2) is 6.85. The molecule has 2 aromatic rings. The lowest BCUT2D eigenvalue weighted by Crippen LogP contribution is -2.28. The zero-order chi connectivity index (χ0) is 14.7. The summed E-state index contributed by atoms with van der Waals surface area (Å²) in [6.07, 6.45) is 1.50. The molecule has 2 aromatic heterocycles. The number of carboxylic acid groups (broad SMARTS) is 1. The maximum atomic E-state index is 11.9. The molecule has 7 nitrogen and oxygen atoms in total. The van der Waals surface area contributed by atoms with Crippen molar-refractivity contribution in [2.75, 3.05) is 0 Å². The van der Waals surface area contributed by atoms with E-state index in [1.807, 2.05) is 0 Å². The summed E-state index contributed by atoms with van der Waals surface area (Å²) in [4.78, 5) is 27.0. The van der Waals surface area contributed by atoms with Crippen molar-refractivity contribution >= 4 is 24.3 Å². The molecule has 0 fully saturated rings. The number of carboxylic acids is 1. The minimum absolute atomic E-state index is 0. The van der Waals surface area contributed by atoms with E-state index in [4.69, 9.17) is 9.63 Å². The number of aromatic carboxylic acids is 1. The summed E-state index contributed by atoms with van der Waals surface area (Å²) in [6, 6.07) is 4.32. The fraction of sp³-hybridized carbons (Fsp3) is 0.231. The number of amides is 1. The van der Waals surface area contributed by atoms with Crippen molar-refractivity contribution in [1.29, 1.82) is 0 Å². The Labute approximate surface area is 126 Å². The average Bonchev–Trinajstić information content (AvgIpc) is 2.81. The van der Waals surface area contributed by atoms with Gasteiger partial charge in [0.15, 0.2) is 5.76 Å². The molecule has 2 heterocycles. The lowest BCUT2D eigenvalue weighted by atomic mass is 10.1. The van der Waals surface area contributed by atoms with Gasteiger partial charge in [-0.1, -0.05) is 11.2 Å². The molecule has 2 N–H and O–H groups in total. The molecule has 1 atom stereocenters. The van der Waals surface area contributed by atoms with Crippen molar-refractivity contribution in [3.05, 3.63) is 47.1 Å². The van der Waals surface area contributed by atoms with E-state index in [0.717, 1.165) is 0 Å². The van der Waals surface area contributed by atoms with Gasteiger partial charge in [0.05, 0.1) is 11.7 Å². The summed E-state index contributed by atoms with van der Waals surface area (Å²) in [5, 5.41) is 15.3. The zero-order valence-electron chi connectivity index (χ0n) is 11.4. The van der Waals surface area contributed by atoms with Crippen LogP contribution in [0.1, 0.15) is 45.3 Å². The SMILES string of the molecule is Cc1noc([C@@H](C)NC(=O)c2ccccn2)c1C(=O)O.Cl. The van der Waals surface area contributed by atoms with Gasteiger partial charge >= 0.3 is 5.97 Å². The van der Waals surface area contributed by atoms with Crippen molar-refractivity contribution in [2.24, 2.45) is 0 Å². The highest BCUT2D eigenvalue weighted by Crippen LogP contribution is 2.21. The summed E-state index contributed by atoms with van der Waals surface area (Å²) in [6.45, 7) is 3.15. The predicted octanol–water partition coefficient (Wildman–Crippen LogP) is 1.99. The van der Waals surface area contributed by atoms with Crippen molar-refractivity contribution in [2.45, 2.75) is 19.9 Å². The Bertz CT molecular complexity index is 642. The van der Waals surface area contributed by atoms with Gasteiger partial charge in [0.2, 0.25) is 0 Å². The Balaban J connectivity index is 0.00000220. The van der Waals surface area contributed by atoms with Crippen molar-refractivity contribution in [1.82, 2.24) is 15.5 Å². The summed E-state index contributed by atoms with van der Waals surface area (Å²) in [7, 11) is 0. The number of carbonyl (C=O) groups is 2. The van der Waals surface area contributed by atoms with E-state index in [0.29, 0.717) is 0 Å². The molecule has 0 aliphatic rings. The van der Waals surface area contributed by atoms with Crippen LogP contribution in [0.5, 0.6) is 0 Å². The van der Waals surface area contributed by atoms with Gasteiger partial charge in [-0.15, -0.1) is 12.4 Å². The first-order valence-electron chi connectivity index (χ1n) is 5.92. The third kappa shape index (κ3) is 3.57. The standard InChI is InChI=1S/C13H13N3O4.ClH/c1-7-10(13(18)19)11(20-16-7)8(2)15-12(17)9-5-3-4-6-14-9;/h3-6,8H,1-2H3,(H,15,17)(H,18,19);1H/t8-;/m1./s1. The van der Waals surface area contributed by atoms with Gasteiger partial charge in [0, 0.05) is 6.20 Å². The number of rotatable bonds is 4. The van der Waals surface area contributed by atoms with Gasteiger partial charge in [0.25, 0.3) is 5.91 Å². The van der Waals surface area contributed by atoms with Crippen LogP contribution < -0.4 is 5.32 Å². The highest BCUT2D eigenvalue weighted by molar-refractivity contribution is 5.93. The normalized spacial score (nSPS) is 11.3. The van der Waals surface area contributed by atoms with Gasteiger partial charge < -0.3 is 14.9 Å². The van der Waals surface area contributed by atoms with Gasteiger partial charge in [-0.05, 0) is 26.0 Å². The highest BCUT2D eigenvalue weighted by atomic mass is 35.5. The smallest absolute Gasteiger partial charge is 0.341 e. The quantitative estimate of drug-likeness (QED) is 0.894. The molecule has 112 valence electrons. The number of hydrogen-bond donors (Lipinski definition) is 2. The topological polar surface area (TPSA) is 105 Å². The van der Waals surface area contributed by atoms with E-state index in [2.05, 4.69) is 15.5 Å². The average molecular weight is 312 g/mol. The van der Waals surface area contributed by atoms with Crippen molar-refractivity contribution in [3.63, 3.8) is 0 Å². The monoisotopic (exact) mass is 311 g/mol. The van der Waals surface area contributed by atoms with E-state index in [1.54, 1.807) is 25.1 Å². The van der Waals surface area contributed by atoms with Crippen LogP contribution in [0, 0.1) is 6.92 Å². The lowest BCUT2D eigenvalue weighted by Gasteiger charge is -2.11.